The Labute approximate surface area is 132 Å². The predicted molar refractivity (Wildman–Crippen MR) is 83.5 cm³/mol. The van der Waals surface area contributed by atoms with Crippen LogP contribution in [0.15, 0.2) is 52.0 Å². The molecule has 1 heterocycles. The average molecular weight is 326 g/mol. The van der Waals surface area contributed by atoms with E-state index in [0.29, 0.717) is 10.8 Å². The van der Waals surface area contributed by atoms with Crippen LogP contribution in [0.5, 0.6) is 0 Å². The molecule has 112 valence electrons. The summed E-state index contributed by atoms with van der Waals surface area (Å²) < 4.78 is 5.15. The van der Waals surface area contributed by atoms with Crippen molar-refractivity contribution >= 4 is 29.3 Å². The predicted octanol–water partition coefficient (Wildman–Crippen LogP) is 3.05. The molecule has 1 amide bonds. The molecule has 0 aliphatic rings. The van der Waals surface area contributed by atoms with Gasteiger partial charge in [-0.15, -0.1) is 11.8 Å². The monoisotopic (exact) mass is 325 g/mol. The molecular formula is C15H16ClNO3S. The molecule has 0 saturated heterocycles. The number of benzene rings is 1. The number of thioether (sulfide) groups is 1. The lowest BCUT2D eigenvalue weighted by atomic mass is 10.0. The van der Waals surface area contributed by atoms with Crippen molar-refractivity contribution in [2.24, 2.45) is 0 Å². The van der Waals surface area contributed by atoms with Gasteiger partial charge in [-0.2, -0.15) is 0 Å². The van der Waals surface area contributed by atoms with Gasteiger partial charge in [-0.05, 0) is 31.2 Å². The van der Waals surface area contributed by atoms with Gasteiger partial charge in [-0.3, -0.25) is 4.79 Å². The second kappa shape index (κ2) is 7.02. The smallest absolute Gasteiger partial charge is 0.230 e. The SMILES string of the molecule is CC(O)(CNC(=O)CSc1ccccc1Cl)c1ccco1. The van der Waals surface area contributed by atoms with Crippen LogP contribution < -0.4 is 5.32 Å². The molecule has 0 fully saturated rings. The van der Waals surface area contributed by atoms with Crippen molar-refractivity contribution in [2.45, 2.75) is 17.4 Å². The molecule has 0 saturated carbocycles. The normalized spacial score (nSPS) is 13.7. The molecule has 0 bridgehead atoms. The summed E-state index contributed by atoms with van der Waals surface area (Å²) in [4.78, 5) is 12.7. The van der Waals surface area contributed by atoms with Gasteiger partial charge < -0.3 is 14.8 Å². The van der Waals surface area contributed by atoms with Crippen molar-refractivity contribution in [3.8, 4) is 0 Å². The number of hydrogen-bond donors (Lipinski definition) is 2. The van der Waals surface area contributed by atoms with E-state index in [-0.39, 0.29) is 18.2 Å². The number of carbonyl (C=O) groups excluding carboxylic acids is 1. The third kappa shape index (κ3) is 4.52. The lowest BCUT2D eigenvalue weighted by molar-refractivity contribution is -0.119. The lowest BCUT2D eigenvalue weighted by Crippen LogP contribution is -2.39. The summed E-state index contributed by atoms with van der Waals surface area (Å²) in [6.45, 7) is 1.68. The van der Waals surface area contributed by atoms with Crippen LogP contribution in [0, 0.1) is 0 Å². The van der Waals surface area contributed by atoms with Gasteiger partial charge in [0.15, 0.2) is 0 Å². The number of furan rings is 1. The fourth-order valence-electron chi connectivity index (χ4n) is 1.70. The average Bonchev–Trinajstić information content (AvgIpc) is 2.99. The first-order chi connectivity index (χ1) is 9.99. The lowest BCUT2D eigenvalue weighted by Gasteiger charge is -2.21. The highest BCUT2D eigenvalue weighted by molar-refractivity contribution is 8.00. The first-order valence-corrected chi connectivity index (χ1v) is 7.76. The van der Waals surface area contributed by atoms with Gasteiger partial charge in [0, 0.05) is 4.90 Å². The van der Waals surface area contributed by atoms with E-state index >= 15 is 0 Å². The minimum atomic E-state index is -1.23. The molecule has 4 nitrogen and oxygen atoms in total. The zero-order chi connectivity index (χ0) is 15.3. The van der Waals surface area contributed by atoms with E-state index in [1.807, 2.05) is 18.2 Å². The van der Waals surface area contributed by atoms with Crippen molar-refractivity contribution in [3.05, 3.63) is 53.4 Å². The molecule has 0 radical (unpaired) electrons. The Balaban J connectivity index is 1.82. The fourth-order valence-corrected chi connectivity index (χ4v) is 2.77. The Bertz CT molecular complexity index is 599. The van der Waals surface area contributed by atoms with Gasteiger partial charge in [-0.25, -0.2) is 0 Å². The van der Waals surface area contributed by atoms with E-state index in [2.05, 4.69) is 5.32 Å². The Kier molecular flexibility index (Phi) is 5.33. The minimum Gasteiger partial charge on any atom is -0.466 e. The summed E-state index contributed by atoms with van der Waals surface area (Å²) in [5, 5.41) is 13.5. The van der Waals surface area contributed by atoms with E-state index in [4.69, 9.17) is 16.0 Å². The van der Waals surface area contributed by atoms with Crippen LogP contribution in [0.4, 0.5) is 0 Å². The van der Waals surface area contributed by atoms with E-state index in [1.165, 1.54) is 18.0 Å². The van der Waals surface area contributed by atoms with Crippen LogP contribution >= 0.6 is 23.4 Å². The molecule has 0 aliphatic carbocycles. The van der Waals surface area contributed by atoms with E-state index in [1.54, 1.807) is 25.1 Å². The van der Waals surface area contributed by atoms with Crippen LogP contribution in [0.25, 0.3) is 0 Å². The number of rotatable bonds is 6. The maximum atomic E-state index is 11.8. The Morgan fingerprint density at radius 1 is 1.38 bits per heavy atom. The van der Waals surface area contributed by atoms with Gasteiger partial charge in [0.2, 0.25) is 5.91 Å². The van der Waals surface area contributed by atoms with Gasteiger partial charge in [-0.1, -0.05) is 23.7 Å². The Morgan fingerprint density at radius 3 is 2.81 bits per heavy atom. The first kappa shape index (κ1) is 15.9. The molecule has 21 heavy (non-hydrogen) atoms. The third-order valence-corrected chi connectivity index (χ3v) is 4.39. The molecule has 0 spiro atoms. The van der Waals surface area contributed by atoms with Crippen molar-refractivity contribution < 1.29 is 14.3 Å². The number of nitrogens with one attached hydrogen (secondary N) is 1. The van der Waals surface area contributed by atoms with Crippen molar-refractivity contribution in [1.82, 2.24) is 5.32 Å². The summed E-state index contributed by atoms with van der Waals surface area (Å²) in [5.74, 6) is 0.478. The summed E-state index contributed by atoms with van der Waals surface area (Å²) in [6.07, 6.45) is 1.48. The minimum absolute atomic E-state index is 0.0857. The van der Waals surface area contributed by atoms with Crippen LogP contribution in [0.2, 0.25) is 5.02 Å². The summed E-state index contributed by atoms with van der Waals surface area (Å²) >= 11 is 7.37. The van der Waals surface area contributed by atoms with Gasteiger partial charge in [0.1, 0.15) is 11.4 Å². The zero-order valence-electron chi connectivity index (χ0n) is 11.5. The molecule has 6 heteroatoms. The van der Waals surface area contributed by atoms with Gasteiger partial charge in [0.25, 0.3) is 0 Å². The van der Waals surface area contributed by atoms with Gasteiger partial charge >= 0.3 is 0 Å². The summed E-state index contributed by atoms with van der Waals surface area (Å²) in [7, 11) is 0. The topological polar surface area (TPSA) is 62.5 Å². The Morgan fingerprint density at radius 2 is 2.14 bits per heavy atom. The quantitative estimate of drug-likeness (QED) is 0.801. The van der Waals surface area contributed by atoms with E-state index in [9.17, 15) is 9.90 Å². The van der Waals surface area contributed by atoms with Crippen LogP contribution in [-0.4, -0.2) is 23.3 Å². The second-order valence-corrected chi connectivity index (χ2v) is 6.17. The molecular weight excluding hydrogens is 310 g/mol. The van der Waals surface area contributed by atoms with E-state index in [0.717, 1.165) is 4.90 Å². The number of aliphatic hydroxyl groups is 1. The molecule has 2 rings (SSSR count). The van der Waals surface area contributed by atoms with Gasteiger partial charge in [0.05, 0.1) is 23.6 Å². The van der Waals surface area contributed by atoms with Crippen molar-refractivity contribution in [2.75, 3.05) is 12.3 Å². The molecule has 1 aromatic heterocycles. The summed E-state index contributed by atoms with van der Waals surface area (Å²) in [6, 6.07) is 10.7. The Hall–Kier alpha value is -1.43. The molecule has 2 aromatic rings. The molecule has 1 atom stereocenters. The fraction of sp³-hybridized carbons (Fsp3) is 0.267. The van der Waals surface area contributed by atoms with E-state index < -0.39 is 5.60 Å². The highest BCUT2D eigenvalue weighted by atomic mass is 35.5. The van der Waals surface area contributed by atoms with Crippen molar-refractivity contribution in [1.29, 1.82) is 0 Å². The van der Waals surface area contributed by atoms with Crippen LogP contribution in [-0.2, 0) is 10.4 Å². The first-order valence-electron chi connectivity index (χ1n) is 6.39. The maximum absolute atomic E-state index is 11.8. The number of amides is 1. The third-order valence-electron chi connectivity index (χ3n) is 2.88. The highest BCUT2D eigenvalue weighted by Gasteiger charge is 2.26. The highest BCUT2D eigenvalue weighted by Crippen LogP contribution is 2.26. The number of carbonyl (C=O) groups is 1. The van der Waals surface area contributed by atoms with Crippen LogP contribution in [0.3, 0.4) is 0 Å². The standard InChI is InChI=1S/C15H16ClNO3S/c1-15(19,13-7-4-8-20-13)10-17-14(18)9-21-12-6-3-2-5-11(12)16/h2-8,19H,9-10H2,1H3,(H,17,18). The number of halogens is 1. The molecule has 0 aliphatic heterocycles. The zero-order valence-corrected chi connectivity index (χ0v) is 13.1. The molecule has 1 unspecified atom stereocenters. The number of hydrogen-bond acceptors (Lipinski definition) is 4. The largest absolute Gasteiger partial charge is 0.466 e. The summed E-state index contributed by atoms with van der Waals surface area (Å²) in [5.41, 5.74) is -1.23. The molecule has 1 aromatic carbocycles. The van der Waals surface area contributed by atoms with Crippen LogP contribution in [0.1, 0.15) is 12.7 Å². The second-order valence-electron chi connectivity index (χ2n) is 4.75. The molecule has 2 N–H and O–H groups in total. The van der Waals surface area contributed by atoms with Crippen molar-refractivity contribution in [3.63, 3.8) is 0 Å². The maximum Gasteiger partial charge on any atom is 0.230 e.